The van der Waals surface area contributed by atoms with Crippen LogP contribution in [0.5, 0.6) is 0 Å². The average molecular weight is 411 g/mol. The lowest BCUT2D eigenvalue weighted by atomic mass is 10.1. The molecule has 0 saturated carbocycles. The number of unbranched alkanes of at least 4 members (excludes halogenated alkanes) is 3. The predicted octanol–water partition coefficient (Wildman–Crippen LogP) is 5.62. The van der Waals surface area contributed by atoms with E-state index < -0.39 is 0 Å². The van der Waals surface area contributed by atoms with Crippen LogP contribution in [0.3, 0.4) is 0 Å². The molecule has 0 atom stereocenters. The average Bonchev–Trinajstić information content (AvgIpc) is 2.75. The van der Waals surface area contributed by atoms with Crippen LogP contribution < -0.4 is 10.2 Å². The summed E-state index contributed by atoms with van der Waals surface area (Å²) in [5, 5.41) is 11.4. The Morgan fingerprint density at radius 1 is 0.833 bits per heavy atom. The van der Waals surface area contributed by atoms with E-state index in [1.54, 1.807) is 0 Å². The van der Waals surface area contributed by atoms with Crippen LogP contribution >= 0.6 is 0 Å². The minimum absolute atomic E-state index is 0.0154. The summed E-state index contributed by atoms with van der Waals surface area (Å²) >= 11 is 0. The van der Waals surface area contributed by atoms with Gasteiger partial charge in [0.2, 0.25) is 5.91 Å². The molecule has 0 unspecified atom stereocenters. The number of hydrogen-bond donors (Lipinski definition) is 1. The lowest BCUT2D eigenvalue weighted by molar-refractivity contribution is -0.140. The van der Waals surface area contributed by atoms with Gasteiger partial charge >= 0.3 is 5.97 Å². The zero-order valence-corrected chi connectivity index (χ0v) is 17.9. The molecule has 7 nitrogen and oxygen atoms in total. The Labute approximate surface area is 178 Å². The van der Waals surface area contributed by atoms with E-state index in [9.17, 15) is 9.59 Å². The van der Waals surface area contributed by atoms with Gasteiger partial charge in [0.25, 0.3) is 0 Å². The maximum Gasteiger partial charge on any atom is 0.305 e. The van der Waals surface area contributed by atoms with Crippen molar-refractivity contribution in [3.8, 4) is 0 Å². The van der Waals surface area contributed by atoms with Gasteiger partial charge in [0.15, 0.2) is 0 Å². The molecule has 0 saturated heterocycles. The van der Waals surface area contributed by atoms with Crippen LogP contribution in [0.4, 0.5) is 22.7 Å². The van der Waals surface area contributed by atoms with E-state index in [4.69, 9.17) is 0 Å². The number of anilines is 2. The van der Waals surface area contributed by atoms with E-state index in [-0.39, 0.29) is 11.9 Å². The minimum atomic E-state index is -0.182. The van der Waals surface area contributed by atoms with Gasteiger partial charge < -0.3 is 15.0 Å². The largest absolute Gasteiger partial charge is 0.469 e. The Bertz CT molecular complexity index is 831. The molecule has 0 aliphatic carbocycles. The van der Waals surface area contributed by atoms with Gasteiger partial charge in [-0.05, 0) is 61.4 Å². The molecule has 2 aromatic rings. The molecule has 1 N–H and O–H groups in total. The van der Waals surface area contributed by atoms with Crippen LogP contribution in [0.15, 0.2) is 58.8 Å². The molecule has 7 heteroatoms. The molecule has 0 aliphatic rings. The van der Waals surface area contributed by atoms with Crippen LogP contribution in [-0.4, -0.2) is 33.1 Å². The molecule has 160 valence electrons. The highest BCUT2D eigenvalue weighted by atomic mass is 16.5. The molecule has 0 radical (unpaired) electrons. The van der Waals surface area contributed by atoms with Crippen LogP contribution in [-0.2, 0) is 14.3 Å². The van der Waals surface area contributed by atoms with Crippen molar-refractivity contribution in [3.05, 3.63) is 48.5 Å². The van der Waals surface area contributed by atoms with Crippen molar-refractivity contribution in [1.82, 2.24) is 0 Å². The van der Waals surface area contributed by atoms with Crippen molar-refractivity contribution < 1.29 is 14.3 Å². The van der Waals surface area contributed by atoms with Gasteiger partial charge in [-0.2, -0.15) is 10.2 Å². The molecular formula is C23H30N4O3. The van der Waals surface area contributed by atoms with Crippen molar-refractivity contribution in [2.75, 3.05) is 31.4 Å². The van der Waals surface area contributed by atoms with Crippen LogP contribution in [0, 0.1) is 0 Å². The third kappa shape index (κ3) is 8.43. The van der Waals surface area contributed by atoms with E-state index in [2.05, 4.69) is 20.3 Å². The first-order chi connectivity index (χ1) is 14.5. The van der Waals surface area contributed by atoms with E-state index in [0.717, 1.165) is 48.4 Å². The molecule has 0 aliphatic heterocycles. The highest BCUT2D eigenvalue weighted by Gasteiger charge is 2.04. The topological polar surface area (TPSA) is 83.4 Å². The summed E-state index contributed by atoms with van der Waals surface area (Å²) in [6.07, 6.45) is 4.33. The highest BCUT2D eigenvalue weighted by Crippen LogP contribution is 2.22. The summed E-state index contributed by atoms with van der Waals surface area (Å²) in [6.45, 7) is 0. The molecule has 1 amide bonds. The Morgan fingerprint density at radius 2 is 1.37 bits per heavy atom. The zero-order chi connectivity index (χ0) is 21.8. The number of azo groups is 1. The molecular weight excluding hydrogens is 380 g/mol. The summed E-state index contributed by atoms with van der Waals surface area (Å²) in [5.74, 6) is -0.198. The van der Waals surface area contributed by atoms with Crippen LogP contribution in [0.1, 0.15) is 38.5 Å². The molecule has 0 heterocycles. The molecule has 2 aromatic carbocycles. The first-order valence-electron chi connectivity index (χ1n) is 10.1. The molecule has 2 rings (SSSR count). The van der Waals surface area contributed by atoms with Gasteiger partial charge in [0, 0.05) is 38.3 Å². The predicted molar refractivity (Wildman–Crippen MR) is 120 cm³/mol. The second-order valence-electron chi connectivity index (χ2n) is 7.20. The van der Waals surface area contributed by atoms with Gasteiger partial charge in [-0.3, -0.25) is 9.59 Å². The molecule has 0 fully saturated rings. The number of hydrogen-bond acceptors (Lipinski definition) is 6. The number of benzene rings is 2. The van der Waals surface area contributed by atoms with E-state index in [1.165, 1.54) is 7.11 Å². The SMILES string of the molecule is COC(=O)CCCCCCC(=O)Nc1ccc(/N=N/c2ccc(N(C)C)cc2)cc1. The number of nitrogens with zero attached hydrogens (tertiary/aromatic N) is 3. The third-order valence-corrected chi connectivity index (χ3v) is 4.56. The van der Waals surface area contributed by atoms with E-state index in [0.29, 0.717) is 12.8 Å². The van der Waals surface area contributed by atoms with Crippen LogP contribution in [0.2, 0.25) is 0 Å². The summed E-state index contributed by atoms with van der Waals surface area (Å²) in [5.41, 5.74) is 3.34. The Kier molecular flexibility index (Phi) is 9.51. The number of amides is 1. The smallest absolute Gasteiger partial charge is 0.305 e. The van der Waals surface area contributed by atoms with Crippen LogP contribution in [0.25, 0.3) is 0 Å². The fourth-order valence-electron chi connectivity index (χ4n) is 2.78. The van der Waals surface area contributed by atoms with E-state index >= 15 is 0 Å². The normalized spacial score (nSPS) is 10.8. The van der Waals surface area contributed by atoms with Crippen molar-refractivity contribution >= 4 is 34.6 Å². The van der Waals surface area contributed by atoms with Gasteiger partial charge in [0.1, 0.15) is 0 Å². The first-order valence-corrected chi connectivity index (χ1v) is 10.1. The lowest BCUT2D eigenvalue weighted by Crippen LogP contribution is -2.10. The number of ether oxygens (including phenoxy) is 1. The number of rotatable bonds is 11. The molecule has 0 aromatic heterocycles. The molecule has 0 bridgehead atoms. The van der Waals surface area contributed by atoms with Gasteiger partial charge in [0.05, 0.1) is 18.5 Å². The monoisotopic (exact) mass is 410 g/mol. The summed E-state index contributed by atoms with van der Waals surface area (Å²) in [7, 11) is 5.38. The zero-order valence-electron chi connectivity index (χ0n) is 17.9. The summed E-state index contributed by atoms with van der Waals surface area (Å²) < 4.78 is 4.60. The Hall–Kier alpha value is -3.22. The highest BCUT2D eigenvalue weighted by molar-refractivity contribution is 5.90. The third-order valence-electron chi connectivity index (χ3n) is 4.56. The number of carbonyl (C=O) groups is 2. The standard InChI is InChI=1S/C23H30N4O3/c1-27(2)21-16-14-20(15-17-21)26-25-19-12-10-18(11-13-19)24-22(28)8-6-4-5-7-9-23(29)30-3/h10-17H,4-9H2,1-3H3,(H,24,28)/b26-25+. The van der Waals surface area contributed by atoms with Gasteiger partial charge in [-0.25, -0.2) is 0 Å². The van der Waals surface area contributed by atoms with E-state index in [1.807, 2.05) is 67.5 Å². The number of methoxy groups -OCH3 is 1. The second-order valence-corrected chi connectivity index (χ2v) is 7.20. The Morgan fingerprint density at radius 3 is 1.90 bits per heavy atom. The number of carbonyl (C=O) groups excluding carboxylic acids is 2. The second kappa shape index (κ2) is 12.4. The maximum atomic E-state index is 12.0. The maximum absolute atomic E-state index is 12.0. The first kappa shape index (κ1) is 23.1. The quantitative estimate of drug-likeness (QED) is 0.296. The summed E-state index contributed by atoms with van der Waals surface area (Å²) in [4.78, 5) is 25.1. The number of nitrogens with one attached hydrogen (secondary N) is 1. The van der Waals surface area contributed by atoms with Crippen molar-refractivity contribution in [1.29, 1.82) is 0 Å². The fourth-order valence-corrected chi connectivity index (χ4v) is 2.78. The Balaban J connectivity index is 1.72. The molecule has 0 spiro atoms. The fraction of sp³-hybridized carbons (Fsp3) is 0.391. The van der Waals surface area contributed by atoms with Crippen molar-refractivity contribution in [3.63, 3.8) is 0 Å². The minimum Gasteiger partial charge on any atom is -0.469 e. The van der Waals surface area contributed by atoms with Crippen molar-refractivity contribution in [2.24, 2.45) is 10.2 Å². The van der Waals surface area contributed by atoms with Gasteiger partial charge in [-0.1, -0.05) is 12.8 Å². The summed E-state index contributed by atoms with van der Waals surface area (Å²) in [6, 6.07) is 15.1. The molecule has 30 heavy (non-hydrogen) atoms. The number of esters is 1. The van der Waals surface area contributed by atoms with Crippen molar-refractivity contribution in [2.45, 2.75) is 38.5 Å². The lowest BCUT2D eigenvalue weighted by Gasteiger charge is -2.11. The van der Waals surface area contributed by atoms with Gasteiger partial charge in [-0.15, -0.1) is 0 Å².